The molecule has 3 rings (SSSR count). The van der Waals surface area contributed by atoms with E-state index in [0.29, 0.717) is 28.7 Å². The van der Waals surface area contributed by atoms with Crippen molar-refractivity contribution >= 4 is 61.8 Å². The minimum Gasteiger partial charge on any atom is -0.335 e. The standard InChI is InChI=1S/C17H18N2O4S4/c1-2-18-16(20)14(26-17(18)24)8-9-15-19(10-5-11-27(21,22)23)12-6-3-4-7-13(12)25-15/h3-4,6-9H,2,5,10-11H2,1H3,(H,21,22,23)/b14-8+,15-9-. The lowest BCUT2D eigenvalue weighted by atomic mass is 10.3. The third-order valence-corrected chi connectivity index (χ3v) is 7.32. The van der Waals surface area contributed by atoms with Crippen molar-refractivity contribution in [2.75, 3.05) is 23.7 Å². The lowest BCUT2D eigenvalue weighted by molar-refractivity contribution is -0.122. The Hall–Kier alpha value is -1.33. The van der Waals surface area contributed by atoms with E-state index in [9.17, 15) is 13.2 Å². The summed E-state index contributed by atoms with van der Waals surface area (Å²) in [5.74, 6) is -0.388. The summed E-state index contributed by atoms with van der Waals surface area (Å²) in [6.07, 6.45) is 3.92. The normalized spacial score (nSPS) is 20.2. The molecule has 0 bridgehead atoms. The van der Waals surface area contributed by atoms with E-state index in [1.54, 1.807) is 22.7 Å². The van der Waals surface area contributed by atoms with Gasteiger partial charge >= 0.3 is 0 Å². The largest absolute Gasteiger partial charge is 0.335 e. The van der Waals surface area contributed by atoms with Crippen molar-refractivity contribution in [1.29, 1.82) is 0 Å². The molecule has 144 valence electrons. The predicted octanol–water partition coefficient (Wildman–Crippen LogP) is 3.48. The molecule has 0 spiro atoms. The summed E-state index contributed by atoms with van der Waals surface area (Å²) in [4.78, 5) is 17.5. The van der Waals surface area contributed by atoms with Crippen molar-refractivity contribution in [3.8, 4) is 0 Å². The Labute approximate surface area is 172 Å². The van der Waals surface area contributed by atoms with Crippen LogP contribution in [0.15, 0.2) is 51.2 Å². The highest BCUT2D eigenvalue weighted by Gasteiger charge is 2.31. The molecule has 1 saturated heterocycles. The van der Waals surface area contributed by atoms with Crippen LogP contribution in [0, 0.1) is 0 Å². The highest BCUT2D eigenvalue weighted by Crippen LogP contribution is 2.46. The highest BCUT2D eigenvalue weighted by atomic mass is 32.2. The Morgan fingerprint density at radius 2 is 1.93 bits per heavy atom. The zero-order chi connectivity index (χ0) is 19.6. The van der Waals surface area contributed by atoms with E-state index < -0.39 is 10.1 Å². The molecule has 0 unspecified atom stereocenters. The van der Waals surface area contributed by atoms with E-state index in [4.69, 9.17) is 16.8 Å². The van der Waals surface area contributed by atoms with Gasteiger partial charge in [-0.2, -0.15) is 8.42 Å². The van der Waals surface area contributed by atoms with Gasteiger partial charge in [-0.25, -0.2) is 0 Å². The first-order valence-electron chi connectivity index (χ1n) is 8.25. The van der Waals surface area contributed by atoms with Crippen molar-refractivity contribution in [1.82, 2.24) is 4.90 Å². The SMILES string of the molecule is CCN1C(=O)/C(=C\C=C2/Sc3ccccc3N2CCCS(=O)(=O)O)SC1=S. The molecule has 2 aliphatic heterocycles. The van der Waals surface area contributed by atoms with Gasteiger partial charge in [0, 0.05) is 18.0 Å². The number of hydrogen-bond acceptors (Lipinski definition) is 7. The van der Waals surface area contributed by atoms with E-state index in [1.807, 2.05) is 42.2 Å². The summed E-state index contributed by atoms with van der Waals surface area (Å²) in [7, 11) is -3.99. The van der Waals surface area contributed by atoms with Crippen LogP contribution in [0.1, 0.15) is 13.3 Å². The number of rotatable bonds is 6. The van der Waals surface area contributed by atoms with Crippen molar-refractivity contribution in [3.63, 3.8) is 0 Å². The highest BCUT2D eigenvalue weighted by molar-refractivity contribution is 8.26. The lowest BCUT2D eigenvalue weighted by Crippen LogP contribution is -2.27. The van der Waals surface area contributed by atoms with E-state index in [0.717, 1.165) is 15.6 Å². The van der Waals surface area contributed by atoms with Gasteiger partial charge in [-0.15, -0.1) is 0 Å². The van der Waals surface area contributed by atoms with Crippen LogP contribution in [0.2, 0.25) is 0 Å². The van der Waals surface area contributed by atoms with E-state index >= 15 is 0 Å². The molecule has 2 aliphatic rings. The van der Waals surface area contributed by atoms with Crippen molar-refractivity contribution < 1.29 is 17.8 Å². The maximum absolute atomic E-state index is 12.3. The number of amides is 1. The zero-order valence-electron chi connectivity index (χ0n) is 14.5. The van der Waals surface area contributed by atoms with E-state index in [-0.39, 0.29) is 11.7 Å². The zero-order valence-corrected chi connectivity index (χ0v) is 17.8. The molecule has 2 heterocycles. The second-order valence-electron chi connectivity index (χ2n) is 5.81. The molecule has 0 atom stereocenters. The molecule has 1 amide bonds. The fourth-order valence-corrected chi connectivity index (χ4v) is 5.66. The Bertz CT molecular complexity index is 940. The molecular weight excluding hydrogens is 424 g/mol. The number of thioether (sulfide) groups is 2. The van der Waals surface area contributed by atoms with Crippen molar-refractivity contribution in [3.05, 3.63) is 46.4 Å². The number of likely N-dealkylation sites (N-methyl/N-ethyl adjacent to an activating group) is 1. The molecule has 0 radical (unpaired) electrons. The van der Waals surface area contributed by atoms with Crippen LogP contribution < -0.4 is 4.90 Å². The molecule has 1 aromatic carbocycles. The van der Waals surface area contributed by atoms with Crippen molar-refractivity contribution in [2.45, 2.75) is 18.2 Å². The second-order valence-corrected chi connectivity index (χ2v) is 10.1. The van der Waals surface area contributed by atoms with Gasteiger partial charge in [-0.3, -0.25) is 14.2 Å². The summed E-state index contributed by atoms with van der Waals surface area (Å²) >= 11 is 8.06. The van der Waals surface area contributed by atoms with Crippen LogP contribution >= 0.6 is 35.7 Å². The molecule has 0 saturated carbocycles. The Balaban J connectivity index is 1.83. The van der Waals surface area contributed by atoms with Gasteiger partial charge in [-0.1, -0.05) is 47.9 Å². The van der Waals surface area contributed by atoms with Gasteiger partial charge in [0.25, 0.3) is 16.0 Å². The van der Waals surface area contributed by atoms with Crippen LogP contribution in [-0.2, 0) is 14.9 Å². The van der Waals surface area contributed by atoms with Gasteiger partial charge in [0.1, 0.15) is 4.32 Å². The lowest BCUT2D eigenvalue weighted by Gasteiger charge is -2.19. The van der Waals surface area contributed by atoms with Crippen LogP contribution in [0.5, 0.6) is 0 Å². The van der Waals surface area contributed by atoms with Crippen molar-refractivity contribution in [2.24, 2.45) is 0 Å². The maximum Gasteiger partial charge on any atom is 0.266 e. The van der Waals surface area contributed by atoms with Crippen LogP contribution in [0.4, 0.5) is 5.69 Å². The summed E-state index contributed by atoms with van der Waals surface area (Å²) in [5.41, 5.74) is 0.985. The fraction of sp³-hybridized carbons (Fsp3) is 0.294. The van der Waals surface area contributed by atoms with Gasteiger partial charge in [-0.05, 0) is 37.6 Å². The van der Waals surface area contributed by atoms with Gasteiger partial charge in [0.15, 0.2) is 0 Å². The molecule has 1 N–H and O–H groups in total. The summed E-state index contributed by atoms with van der Waals surface area (Å²) < 4.78 is 31.5. The van der Waals surface area contributed by atoms with E-state index in [1.165, 1.54) is 11.8 Å². The molecule has 0 aromatic heterocycles. The van der Waals surface area contributed by atoms with Gasteiger partial charge < -0.3 is 4.90 Å². The second kappa shape index (κ2) is 8.36. The monoisotopic (exact) mass is 442 g/mol. The molecule has 10 heteroatoms. The molecule has 6 nitrogen and oxygen atoms in total. The third kappa shape index (κ3) is 4.75. The number of anilines is 1. The van der Waals surface area contributed by atoms with Crippen LogP contribution in [0.25, 0.3) is 0 Å². The predicted molar refractivity (Wildman–Crippen MR) is 114 cm³/mol. The molecular formula is C17H18N2O4S4. The van der Waals surface area contributed by atoms with Crippen LogP contribution in [0.3, 0.4) is 0 Å². The summed E-state index contributed by atoms with van der Waals surface area (Å²) in [6, 6.07) is 7.82. The molecule has 1 aromatic rings. The first-order valence-corrected chi connectivity index (χ1v) is 11.9. The molecule has 1 fully saturated rings. The van der Waals surface area contributed by atoms with Crippen LogP contribution in [-0.4, -0.2) is 46.9 Å². The Morgan fingerprint density at radius 1 is 1.19 bits per heavy atom. The Kier molecular flexibility index (Phi) is 6.32. The average molecular weight is 443 g/mol. The maximum atomic E-state index is 12.3. The number of hydrogen-bond donors (Lipinski definition) is 1. The summed E-state index contributed by atoms with van der Waals surface area (Å²) in [6.45, 7) is 2.87. The fourth-order valence-electron chi connectivity index (χ4n) is 2.75. The number of thiocarbonyl (C=S) groups is 1. The molecule has 0 aliphatic carbocycles. The number of para-hydroxylation sites is 1. The number of nitrogens with zero attached hydrogens (tertiary/aromatic N) is 2. The third-order valence-electron chi connectivity index (χ3n) is 3.99. The first kappa shape index (κ1) is 20.4. The number of carbonyl (C=O) groups excluding carboxylic acids is 1. The number of fused-ring (bicyclic) bond motifs is 1. The summed E-state index contributed by atoms with van der Waals surface area (Å²) in [5, 5.41) is 0.897. The quantitative estimate of drug-likeness (QED) is 0.408. The first-order chi connectivity index (χ1) is 12.8. The van der Waals surface area contributed by atoms with Gasteiger partial charge in [0.2, 0.25) is 0 Å². The van der Waals surface area contributed by atoms with E-state index in [2.05, 4.69) is 0 Å². The number of carbonyl (C=O) groups is 1. The Morgan fingerprint density at radius 3 is 2.59 bits per heavy atom. The number of allylic oxidation sites excluding steroid dienone is 2. The van der Waals surface area contributed by atoms with Gasteiger partial charge in [0.05, 0.1) is 21.4 Å². The topological polar surface area (TPSA) is 77.9 Å². The smallest absolute Gasteiger partial charge is 0.266 e. The average Bonchev–Trinajstić information content (AvgIpc) is 3.09. The minimum atomic E-state index is -3.99. The number of benzene rings is 1. The molecule has 27 heavy (non-hydrogen) atoms. The minimum absolute atomic E-state index is 0.0946.